The molecule has 1 rings (SSSR count). The second-order valence-electron chi connectivity index (χ2n) is 1.94. The van der Waals surface area contributed by atoms with Crippen LogP contribution in [0.4, 0.5) is 0 Å². The summed E-state index contributed by atoms with van der Waals surface area (Å²) in [5.74, 6) is 0. The van der Waals surface area contributed by atoms with E-state index in [0.29, 0.717) is 6.10 Å². The maximum atomic E-state index is 5.24. The van der Waals surface area contributed by atoms with Gasteiger partial charge in [0.25, 0.3) is 0 Å². The van der Waals surface area contributed by atoms with Crippen LogP contribution in [-0.2, 0) is 9.16 Å². The molecular weight excluding hydrogens is 120 g/mol. The van der Waals surface area contributed by atoms with Crippen LogP contribution in [0.25, 0.3) is 0 Å². The molecule has 1 unspecified atom stereocenters. The number of hydrogen-bond donors (Lipinski definition) is 0. The van der Waals surface area contributed by atoms with Crippen molar-refractivity contribution in [3.63, 3.8) is 0 Å². The van der Waals surface area contributed by atoms with Gasteiger partial charge in [0, 0.05) is 6.61 Å². The van der Waals surface area contributed by atoms with Crippen LogP contribution in [0.1, 0.15) is 6.92 Å². The van der Waals surface area contributed by atoms with Crippen LogP contribution in [-0.4, -0.2) is 29.1 Å². The van der Waals surface area contributed by atoms with Crippen molar-refractivity contribution >= 4 is 9.76 Å². The minimum atomic E-state index is -0.199. The van der Waals surface area contributed by atoms with Gasteiger partial charge in [0.15, 0.2) is 9.76 Å². The van der Waals surface area contributed by atoms with Gasteiger partial charge < -0.3 is 9.16 Å². The molecule has 0 bridgehead atoms. The van der Waals surface area contributed by atoms with Crippen LogP contribution in [0.2, 0.25) is 6.04 Å². The molecule has 0 N–H and O–H groups in total. The highest BCUT2D eigenvalue weighted by Gasteiger charge is 2.21. The summed E-state index contributed by atoms with van der Waals surface area (Å²) in [5.41, 5.74) is 0. The third-order valence-electron chi connectivity index (χ3n) is 1.19. The monoisotopic (exact) mass is 132 g/mol. The van der Waals surface area contributed by atoms with Gasteiger partial charge in [0.2, 0.25) is 0 Å². The van der Waals surface area contributed by atoms with Crippen molar-refractivity contribution in [1.29, 1.82) is 0 Å². The summed E-state index contributed by atoms with van der Waals surface area (Å²) in [4.78, 5) is 0. The summed E-state index contributed by atoms with van der Waals surface area (Å²) in [6, 6.07) is 1.22. The van der Waals surface area contributed by atoms with Crippen LogP contribution in [0.15, 0.2) is 0 Å². The van der Waals surface area contributed by atoms with E-state index in [9.17, 15) is 0 Å². The van der Waals surface area contributed by atoms with Gasteiger partial charge in [-0.25, -0.2) is 0 Å². The zero-order valence-corrected chi connectivity index (χ0v) is 6.64. The van der Waals surface area contributed by atoms with Crippen LogP contribution >= 0.6 is 0 Å². The van der Waals surface area contributed by atoms with Gasteiger partial charge >= 0.3 is 0 Å². The molecule has 8 heavy (non-hydrogen) atoms. The zero-order valence-electron chi connectivity index (χ0n) is 5.22. The van der Waals surface area contributed by atoms with Gasteiger partial charge in [-0.3, -0.25) is 0 Å². The Labute approximate surface area is 52.1 Å². The van der Waals surface area contributed by atoms with Gasteiger partial charge in [-0.05, 0) is 13.0 Å². The molecule has 0 radical (unpaired) electrons. The molecule has 48 valence electrons. The molecule has 0 aromatic rings. The molecule has 0 aliphatic carbocycles. The van der Waals surface area contributed by atoms with Crippen molar-refractivity contribution in [3.05, 3.63) is 0 Å². The summed E-state index contributed by atoms with van der Waals surface area (Å²) >= 11 is 0. The van der Waals surface area contributed by atoms with E-state index in [0.717, 1.165) is 13.2 Å². The highest BCUT2D eigenvalue weighted by molar-refractivity contribution is 6.27. The highest BCUT2D eigenvalue weighted by Crippen LogP contribution is 2.12. The lowest BCUT2D eigenvalue weighted by Gasteiger charge is -1.93. The molecular formula is C5H12O2Si. The average molecular weight is 132 g/mol. The van der Waals surface area contributed by atoms with Crippen LogP contribution in [0.3, 0.4) is 0 Å². The average Bonchev–Trinajstić information content (AvgIpc) is 2.51. The van der Waals surface area contributed by atoms with E-state index in [-0.39, 0.29) is 9.76 Å². The Kier molecular flexibility index (Phi) is 2.52. The summed E-state index contributed by atoms with van der Waals surface area (Å²) in [5, 5.41) is 0. The minimum absolute atomic E-state index is 0.199. The molecule has 0 amide bonds. The normalized spacial score (nSPS) is 27.4. The maximum Gasteiger partial charge on any atom is 0.164 e. The molecule has 1 saturated heterocycles. The lowest BCUT2D eigenvalue weighted by molar-refractivity contribution is 0.351. The fourth-order valence-electron chi connectivity index (χ4n) is 0.594. The summed E-state index contributed by atoms with van der Waals surface area (Å²) in [6.07, 6.45) is 0.591. The van der Waals surface area contributed by atoms with Gasteiger partial charge in [-0.1, -0.05) is 0 Å². The van der Waals surface area contributed by atoms with E-state index in [1.165, 1.54) is 6.04 Å². The first kappa shape index (κ1) is 6.26. The van der Waals surface area contributed by atoms with E-state index in [4.69, 9.17) is 9.16 Å². The van der Waals surface area contributed by atoms with Crippen LogP contribution in [0, 0.1) is 0 Å². The fourth-order valence-corrected chi connectivity index (χ4v) is 1.65. The Morgan fingerprint density at radius 1 is 1.88 bits per heavy atom. The summed E-state index contributed by atoms with van der Waals surface area (Å²) < 4.78 is 10.3. The van der Waals surface area contributed by atoms with E-state index in [1.807, 2.05) is 6.92 Å². The Hall–Kier alpha value is 0.137. The minimum Gasteiger partial charge on any atom is -0.424 e. The van der Waals surface area contributed by atoms with Crippen molar-refractivity contribution in [1.82, 2.24) is 0 Å². The first-order chi connectivity index (χ1) is 3.93. The number of epoxide rings is 1. The number of hydrogen-bond acceptors (Lipinski definition) is 2. The molecule has 1 fully saturated rings. The molecule has 1 aliphatic rings. The van der Waals surface area contributed by atoms with Crippen molar-refractivity contribution in [3.8, 4) is 0 Å². The quantitative estimate of drug-likeness (QED) is 0.303. The standard InChI is InChI=1S/C5H12O2Si/c1-2-7-8-4-5-3-6-5/h5H,2-4,8H2,1H3. The number of ether oxygens (including phenoxy) is 1. The van der Waals surface area contributed by atoms with Crippen molar-refractivity contribution in [2.24, 2.45) is 0 Å². The third kappa shape index (κ3) is 2.45. The Morgan fingerprint density at radius 2 is 2.62 bits per heavy atom. The molecule has 1 aliphatic heterocycles. The Balaban J connectivity index is 1.74. The largest absolute Gasteiger partial charge is 0.424 e. The number of rotatable bonds is 4. The SMILES string of the molecule is CCO[SiH2]CC1CO1. The molecule has 3 heteroatoms. The molecule has 2 nitrogen and oxygen atoms in total. The van der Waals surface area contributed by atoms with Crippen molar-refractivity contribution < 1.29 is 9.16 Å². The van der Waals surface area contributed by atoms with Crippen LogP contribution < -0.4 is 0 Å². The van der Waals surface area contributed by atoms with Gasteiger partial charge in [0.1, 0.15) is 0 Å². The summed E-state index contributed by atoms with van der Waals surface area (Å²) in [6.45, 7) is 3.92. The third-order valence-corrected chi connectivity index (χ3v) is 2.77. The topological polar surface area (TPSA) is 21.8 Å². The zero-order chi connectivity index (χ0) is 5.82. The summed E-state index contributed by atoms with van der Waals surface area (Å²) in [7, 11) is -0.199. The maximum absolute atomic E-state index is 5.24. The lowest BCUT2D eigenvalue weighted by atomic mass is 10.6. The fraction of sp³-hybridized carbons (Fsp3) is 1.00. The molecule has 0 aromatic heterocycles. The Morgan fingerprint density at radius 3 is 3.12 bits per heavy atom. The van der Waals surface area contributed by atoms with Gasteiger partial charge in [-0.2, -0.15) is 0 Å². The first-order valence-corrected chi connectivity index (χ1v) is 4.70. The molecule has 0 spiro atoms. The molecule has 0 aromatic carbocycles. The second-order valence-corrected chi connectivity index (χ2v) is 3.33. The van der Waals surface area contributed by atoms with E-state index < -0.39 is 0 Å². The predicted octanol–water partition coefficient (Wildman–Crippen LogP) is -0.0762. The van der Waals surface area contributed by atoms with Crippen molar-refractivity contribution in [2.75, 3.05) is 13.2 Å². The smallest absolute Gasteiger partial charge is 0.164 e. The van der Waals surface area contributed by atoms with Crippen molar-refractivity contribution in [2.45, 2.75) is 19.1 Å². The molecule has 0 saturated carbocycles. The lowest BCUT2D eigenvalue weighted by Crippen LogP contribution is -2.00. The van der Waals surface area contributed by atoms with Gasteiger partial charge in [-0.15, -0.1) is 0 Å². The second kappa shape index (κ2) is 3.22. The predicted molar refractivity (Wildman–Crippen MR) is 34.7 cm³/mol. The van der Waals surface area contributed by atoms with E-state index in [2.05, 4.69) is 0 Å². The van der Waals surface area contributed by atoms with Gasteiger partial charge in [0.05, 0.1) is 12.7 Å². The Bertz CT molecular complexity index is 63.4. The van der Waals surface area contributed by atoms with Crippen LogP contribution in [0.5, 0.6) is 0 Å². The van der Waals surface area contributed by atoms with E-state index in [1.54, 1.807) is 0 Å². The molecule has 1 atom stereocenters. The highest BCUT2D eigenvalue weighted by atomic mass is 28.2. The van der Waals surface area contributed by atoms with E-state index >= 15 is 0 Å². The first-order valence-electron chi connectivity index (χ1n) is 3.13. The molecule has 1 heterocycles.